The van der Waals surface area contributed by atoms with Gasteiger partial charge in [-0.05, 0) is 49.1 Å². The number of thioether (sulfide) groups is 1. The van der Waals surface area contributed by atoms with Crippen molar-refractivity contribution < 1.29 is 9.21 Å². The molecule has 0 radical (unpaired) electrons. The molecule has 9 heteroatoms. The van der Waals surface area contributed by atoms with Gasteiger partial charge in [-0.3, -0.25) is 14.3 Å². The van der Waals surface area contributed by atoms with E-state index in [2.05, 4.69) is 9.97 Å². The normalized spacial score (nSPS) is 16.1. The molecule has 0 bridgehead atoms. The smallest absolute Gasteiger partial charge is 0.408 e. The van der Waals surface area contributed by atoms with Gasteiger partial charge in [0.05, 0.1) is 11.2 Å². The van der Waals surface area contributed by atoms with E-state index in [0.717, 1.165) is 40.6 Å². The molecule has 174 valence electrons. The molecule has 1 aliphatic rings. The highest BCUT2D eigenvalue weighted by molar-refractivity contribution is 7.98. The first-order chi connectivity index (χ1) is 16.6. The first-order valence-electron chi connectivity index (χ1n) is 11.3. The number of aryl methyl sites for hydroxylation is 1. The third kappa shape index (κ3) is 4.75. The zero-order valence-corrected chi connectivity index (χ0v) is 19.7. The number of fused-ring (bicyclic) bond motifs is 1. The Morgan fingerprint density at radius 1 is 1.21 bits per heavy atom. The van der Waals surface area contributed by atoms with Crippen LogP contribution < -0.4 is 5.76 Å². The van der Waals surface area contributed by atoms with Gasteiger partial charge in [0.1, 0.15) is 6.54 Å². The molecule has 0 aliphatic carbocycles. The summed E-state index contributed by atoms with van der Waals surface area (Å²) < 4.78 is 6.68. The van der Waals surface area contributed by atoms with Gasteiger partial charge in [0.2, 0.25) is 5.91 Å². The van der Waals surface area contributed by atoms with Crippen molar-refractivity contribution in [1.82, 2.24) is 24.4 Å². The van der Waals surface area contributed by atoms with Crippen LogP contribution in [0.3, 0.4) is 0 Å². The summed E-state index contributed by atoms with van der Waals surface area (Å²) in [5.74, 6) is 0.288. The molecule has 1 aromatic carbocycles. The first kappa shape index (κ1) is 22.3. The molecule has 0 saturated carbocycles. The first-order valence-corrected chi connectivity index (χ1v) is 12.3. The van der Waals surface area contributed by atoms with Gasteiger partial charge in [0, 0.05) is 43.4 Å². The highest BCUT2D eigenvalue weighted by Gasteiger charge is 2.28. The number of benzene rings is 1. The highest BCUT2D eigenvalue weighted by atomic mass is 32.2. The van der Waals surface area contributed by atoms with E-state index < -0.39 is 5.76 Å². The molecule has 1 saturated heterocycles. The van der Waals surface area contributed by atoms with Crippen molar-refractivity contribution >= 4 is 28.8 Å². The summed E-state index contributed by atoms with van der Waals surface area (Å²) in [6, 6.07) is 11.1. The van der Waals surface area contributed by atoms with E-state index in [1.54, 1.807) is 36.2 Å². The minimum absolute atomic E-state index is 0.0302. The molecule has 0 N–H and O–H groups in total. The minimum Gasteiger partial charge on any atom is -0.408 e. The number of carbonyl (C=O) groups is 1. The molecular weight excluding hydrogens is 450 g/mol. The van der Waals surface area contributed by atoms with Gasteiger partial charge in [-0.15, -0.1) is 0 Å². The van der Waals surface area contributed by atoms with Crippen molar-refractivity contribution in [2.45, 2.75) is 43.1 Å². The molecule has 1 aliphatic heterocycles. The summed E-state index contributed by atoms with van der Waals surface area (Å²) in [6.07, 6.45) is 7.32. The van der Waals surface area contributed by atoms with Crippen molar-refractivity contribution in [2.75, 3.05) is 13.1 Å². The van der Waals surface area contributed by atoms with E-state index >= 15 is 0 Å². The second kappa shape index (κ2) is 9.80. The van der Waals surface area contributed by atoms with Crippen LogP contribution in [0.25, 0.3) is 11.1 Å². The Morgan fingerprint density at radius 3 is 2.94 bits per heavy atom. The topological polar surface area (TPSA) is 94.1 Å². The van der Waals surface area contributed by atoms with Crippen molar-refractivity contribution in [3.05, 3.63) is 82.4 Å². The Kier molecular flexibility index (Phi) is 6.44. The fourth-order valence-electron chi connectivity index (χ4n) is 4.38. The molecule has 1 atom stereocenters. The van der Waals surface area contributed by atoms with Crippen LogP contribution in [-0.4, -0.2) is 43.4 Å². The molecule has 1 unspecified atom stereocenters. The van der Waals surface area contributed by atoms with E-state index in [1.165, 1.54) is 4.57 Å². The maximum absolute atomic E-state index is 13.1. The van der Waals surface area contributed by atoms with Gasteiger partial charge >= 0.3 is 5.76 Å². The number of piperidine rings is 1. The predicted octanol–water partition coefficient (Wildman–Crippen LogP) is 3.79. The predicted molar refractivity (Wildman–Crippen MR) is 130 cm³/mol. The SMILES string of the molecule is Cc1cnc(SCc2cccnc2)nc1C1CCCN(C(=O)Cn2c(=O)oc3ccccc32)C1. The van der Waals surface area contributed by atoms with Crippen molar-refractivity contribution in [3.63, 3.8) is 0 Å². The molecular formula is C25H25N5O3S. The van der Waals surface area contributed by atoms with Crippen LogP contribution in [0.1, 0.15) is 35.6 Å². The summed E-state index contributed by atoms with van der Waals surface area (Å²) in [5, 5.41) is 0.726. The molecule has 1 amide bonds. The fourth-order valence-corrected chi connectivity index (χ4v) is 5.13. The Morgan fingerprint density at radius 2 is 2.09 bits per heavy atom. The Bertz CT molecular complexity index is 1370. The fraction of sp³-hybridized carbons (Fsp3) is 0.320. The van der Waals surface area contributed by atoms with Gasteiger partial charge in [-0.25, -0.2) is 14.8 Å². The second-order valence-corrected chi connectivity index (χ2v) is 9.41. The molecule has 4 heterocycles. The van der Waals surface area contributed by atoms with E-state index in [0.29, 0.717) is 24.2 Å². The van der Waals surface area contributed by atoms with Crippen molar-refractivity contribution in [2.24, 2.45) is 0 Å². The molecule has 1 fully saturated rings. The number of rotatable bonds is 6. The Labute approximate surface area is 201 Å². The van der Waals surface area contributed by atoms with E-state index in [4.69, 9.17) is 9.40 Å². The zero-order chi connectivity index (χ0) is 23.5. The van der Waals surface area contributed by atoms with Crippen LogP contribution in [0, 0.1) is 6.92 Å². The lowest BCUT2D eigenvalue weighted by molar-refractivity contribution is -0.133. The molecule has 0 spiro atoms. The lowest BCUT2D eigenvalue weighted by Crippen LogP contribution is -2.42. The monoisotopic (exact) mass is 475 g/mol. The third-order valence-corrected chi connectivity index (χ3v) is 7.04. The van der Waals surface area contributed by atoms with Gasteiger partial charge in [-0.1, -0.05) is 30.0 Å². The summed E-state index contributed by atoms with van der Waals surface area (Å²) in [5.41, 5.74) is 4.27. The average Bonchev–Trinajstić information content (AvgIpc) is 3.19. The number of carbonyl (C=O) groups excluding carboxylic acids is 1. The van der Waals surface area contributed by atoms with E-state index in [-0.39, 0.29) is 18.4 Å². The van der Waals surface area contributed by atoms with Gasteiger partial charge in [0.15, 0.2) is 10.7 Å². The maximum atomic E-state index is 13.1. The minimum atomic E-state index is -0.509. The van der Waals surface area contributed by atoms with Gasteiger partial charge in [-0.2, -0.15) is 0 Å². The largest absolute Gasteiger partial charge is 0.420 e. The van der Waals surface area contributed by atoms with E-state index in [1.807, 2.05) is 42.4 Å². The van der Waals surface area contributed by atoms with Crippen LogP contribution >= 0.6 is 11.8 Å². The zero-order valence-electron chi connectivity index (χ0n) is 18.9. The van der Waals surface area contributed by atoms with E-state index in [9.17, 15) is 9.59 Å². The molecule has 3 aromatic heterocycles. The molecule has 4 aromatic rings. The van der Waals surface area contributed by atoms with Crippen LogP contribution in [0.15, 0.2) is 69.4 Å². The van der Waals surface area contributed by atoms with Crippen LogP contribution in [0.4, 0.5) is 0 Å². The molecule has 5 rings (SSSR count). The molecule has 34 heavy (non-hydrogen) atoms. The summed E-state index contributed by atoms with van der Waals surface area (Å²) in [7, 11) is 0. The number of hydrogen-bond donors (Lipinski definition) is 0. The number of amides is 1. The number of pyridine rings is 1. The quantitative estimate of drug-likeness (QED) is 0.309. The van der Waals surface area contributed by atoms with Crippen LogP contribution in [-0.2, 0) is 17.1 Å². The van der Waals surface area contributed by atoms with Crippen LogP contribution in [0.2, 0.25) is 0 Å². The number of oxazole rings is 1. The number of para-hydroxylation sites is 2. The number of aromatic nitrogens is 4. The van der Waals surface area contributed by atoms with Crippen molar-refractivity contribution in [3.8, 4) is 0 Å². The van der Waals surface area contributed by atoms with Gasteiger partial charge < -0.3 is 9.32 Å². The number of nitrogens with zero attached hydrogens (tertiary/aromatic N) is 5. The lowest BCUT2D eigenvalue weighted by atomic mass is 9.92. The molecule has 8 nitrogen and oxygen atoms in total. The van der Waals surface area contributed by atoms with Crippen LogP contribution in [0.5, 0.6) is 0 Å². The standard InChI is InChI=1S/C25H25N5O3S/c1-17-12-27-24(34-16-18-6-4-10-26-13-18)28-23(17)19-7-5-11-29(14-19)22(31)15-30-20-8-2-3-9-21(20)33-25(30)32/h2-4,6,8-10,12-13,19H,5,7,11,14-16H2,1H3. The van der Waals surface area contributed by atoms with Crippen molar-refractivity contribution in [1.29, 1.82) is 0 Å². The maximum Gasteiger partial charge on any atom is 0.420 e. The summed E-state index contributed by atoms with van der Waals surface area (Å²) in [4.78, 5) is 40.8. The number of likely N-dealkylation sites (tertiary alicyclic amines) is 1. The Hall–Kier alpha value is -3.46. The Balaban J connectivity index is 1.29. The van der Waals surface area contributed by atoms with Gasteiger partial charge in [0.25, 0.3) is 0 Å². The average molecular weight is 476 g/mol. The number of hydrogen-bond acceptors (Lipinski definition) is 7. The third-order valence-electron chi connectivity index (χ3n) is 6.11. The summed E-state index contributed by atoms with van der Waals surface area (Å²) in [6.45, 7) is 3.24. The second-order valence-electron chi connectivity index (χ2n) is 8.47. The summed E-state index contributed by atoms with van der Waals surface area (Å²) >= 11 is 1.58. The lowest BCUT2D eigenvalue weighted by Gasteiger charge is -2.33. The highest BCUT2D eigenvalue weighted by Crippen LogP contribution is 2.30.